The lowest BCUT2D eigenvalue weighted by molar-refractivity contribution is 0.0843. The van der Waals surface area contributed by atoms with Gasteiger partial charge in [0.25, 0.3) is 0 Å². The maximum absolute atomic E-state index is 2.77. The van der Waals surface area contributed by atoms with Crippen molar-refractivity contribution in [3.8, 4) is 0 Å². The van der Waals surface area contributed by atoms with E-state index in [0.717, 1.165) is 12.0 Å². The highest BCUT2D eigenvalue weighted by Crippen LogP contribution is 2.36. The molecule has 2 fully saturated rings. The van der Waals surface area contributed by atoms with Crippen molar-refractivity contribution in [2.24, 2.45) is 11.3 Å². The van der Waals surface area contributed by atoms with Gasteiger partial charge in [-0.1, -0.05) is 33.6 Å². The number of likely N-dealkylation sites (tertiary alicyclic amines) is 1. The van der Waals surface area contributed by atoms with Crippen LogP contribution in [0.5, 0.6) is 0 Å². The summed E-state index contributed by atoms with van der Waals surface area (Å²) in [6.07, 6.45) is 8.76. The van der Waals surface area contributed by atoms with Gasteiger partial charge in [0.05, 0.1) is 0 Å². The molecule has 1 nitrogen and oxygen atoms in total. The van der Waals surface area contributed by atoms with Crippen LogP contribution in [0.3, 0.4) is 0 Å². The van der Waals surface area contributed by atoms with Crippen LogP contribution < -0.4 is 0 Å². The van der Waals surface area contributed by atoms with Crippen molar-refractivity contribution >= 4 is 0 Å². The van der Waals surface area contributed by atoms with E-state index in [4.69, 9.17) is 0 Å². The van der Waals surface area contributed by atoms with Crippen LogP contribution >= 0.6 is 0 Å². The lowest BCUT2D eigenvalue weighted by atomic mass is 9.75. The number of hydrogen-bond acceptors (Lipinski definition) is 1. The molecule has 1 heterocycles. The summed E-state index contributed by atoms with van der Waals surface area (Å²) in [5.41, 5.74) is 0.530. The minimum atomic E-state index is 0.530. The van der Waals surface area contributed by atoms with Gasteiger partial charge in [0, 0.05) is 6.04 Å². The van der Waals surface area contributed by atoms with Gasteiger partial charge >= 0.3 is 0 Å². The van der Waals surface area contributed by atoms with Gasteiger partial charge in [0.2, 0.25) is 0 Å². The molecule has 0 N–H and O–H groups in total. The summed E-state index contributed by atoms with van der Waals surface area (Å²) >= 11 is 0. The van der Waals surface area contributed by atoms with E-state index in [1.54, 1.807) is 0 Å². The molecule has 0 aromatic rings. The third-order valence-electron chi connectivity index (χ3n) is 4.60. The van der Waals surface area contributed by atoms with E-state index >= 15 is 0 Å². The fourth-order valence-corrected chi connectivity index (χ4v) is 3.40. The van der Waals surface area contributed by atoms with Crippen LogP contribution in [0, 0.1) is 11.3 Å². The molecule has 0 amide bonds. The van der Waals surface area contributed by atoms with E-state index < -0.39 is 0 Å². The van der Waals surface area contributed by atoms with Gasteiger partial charge in [-0.15, -0.1) is 0 Å². The summed E-state index contributed by atoms with van der Waals surface area (Å²) in [6, 6.07) is 0.950. The molecule has 0 aromatic heterocycles. The molecule has 15 heavy (non-hydrogen) atoms. The molecule has 88 valence electrons. The Balaban J connectivity index is 1.81. The first-order valence-electron chi connectivity index (χ1n) is 6.81. The Labute approximate surface area is 95.2 Å². The van der Waals surface area contributed by atoms with Gasteiger partial charge in [0.15, 0.2) is 0 Å². The lowest BCUT2D eigenvalue weighted by Gasteiger charge is -2.41. The smallest absolute Gasteiger partial charge is 0.00952 e. The number of nitrogens with zero attached hydrogens (tertiary/aromatic N) is 1. The molecule has 1 saturated heterocycles. The number of rotatable bonds is 1. The minimum Gasteiger partial charge on any atom is -0.300 e. The molecule has 1 heteroatoms. The monoisotopic (exact) mass is 209 g/mol. The molecule has 0 spiro atoms. The summed E-state index contributed by atoms with van der Waals surface area (Å²) in [5, 5.41) is 0. The minimum absolute atomic E-state index is 0.530. The molecule has 0 aromatic carbocycles. The first kappa shape index (κ1) is 11.4. The second-order valence-electron chi connectivity index (χ2n) is 6.61. The second-order valence-corrected chi connectivity index (χ2v) is 6.61. The summed E-state index contributed by atoms with van der Waals surface area (Å²) < 4.78 is 0. The van der Waals surface area contributed by atoms with Gasteiger partial charge in [-0.3, -0.25) is 0 Å². The summed E-state index contributed by atoms with van der Waals surface area (Å²) in [5.74, 6) is 0.954. The highest BCUT2D eigenvalue weighted by atomic mass is 15.2. The van der Waals surface area contributed by atoms with Crippen molar-refractivity contribution in [2.75, 3.05) is 13.1 Å². The number of piperidine rings is 1. The average Bonchev–Trinajstić information content (AvgIpc) is 2.69. The van der Waals surface area contributed by atoms with E-state index in [9.17, 15) is 0 Å². The Bertz CT molecular complexity index is 190. The topological polar surface area (TPSA) is 3.24 Å². The predicted molar refractivity (Wildman–Crippen MR) is 66.0 cm³/mol. The highest BCUT2D eigenvalue weighted by molar-refractivity contribution is 4.85. The van der Waals surface area contributed by atoms with Gasteiger partial charge in [0.1, 0.15) is 0 Å². The third-order valence-corrected chi connectivity index (χ3v) is 4.60. The van der Waals surface area contributed by atoms with Crippen LogP contribution in [-0.4, -0.2) is 24.0 Å². The van der Waals surface area contributed by atoms with Gasteiger partial charge in [-0.2, -0.15) is 0 Å². The number of hydrogen-bond donors (Lipinski definition) is 0. The first-order chi connectivity index (χ1) is 7.07. The molecule has 2 rings (SSSR count). The van der Waals surface area contributed by atoms with E-state index in [1.165, 1.54) is 51.6 Å². The molecule has 2 aliphatic rings. The fraction of sp³-hybridized carbons (Fsp3) is 1.00. The Kier molecular flexibility index (Phi) is 3.39. The summed E-state index contributed by atoms with van der Waals surface area (Å²) in [7, 11) is 0. The molecular weight excluding hydrogens is 182 g/mol. The maximum atomic E-state index is 2.77. The van der Waals surface area contributed by atoms with Crippen molar-refractivity contribution < 1.29 is 0 Å². The SMILES string of the molecule is CC(C)(C)C1CCN(C2CCCC2)CC1. The standard InChI is InChI=1S/C14H27N/c1-14(2,3)12-8-10-15(11-9-12)13-6-4-5-7-13/h12-13H,4-11H2,1-3H3. The van der Waals surface area contributed by atoms with Crippen LogP contribution in [0.25, 0.3) is 0 Å². The predicted octanol–water partition coefficient (Wildman–Crippen LogP) is 3.69. The molecule has 0 bridgehead atoms. The molecule has 0 atom stereocenters. The van der Waals surface area contributed by atoms with Crippen molar-refractivity contribution in [3.63, 3.8) is 0 Å². The first-order valence-corrected chi connectivity index (χ1v) is 6.81. The van der Waals surface area contributed by atoms with Crippen LogP contribution in [0.2, 0.25) is 0 Å². The average molecular weight is 209 g/mol. The summed E-state index contributed by atoms with van der Waals surface area (Å²) in [6.45, 7) is 9.95. The zero-order valence-electron chi connectivity index (χ0n) is 10.8. The van der Waals surface area contributed by atoms with Gasteiger partial charge in [-0.05, 0) is 50.1 Å². The Morgan fingerprint density at radius 3 is 1.87 bits per heavy atom. The normalized spacial score (nSPS) is 27.4. The molecule has 0 radical (unpaired) electrons. The molecule has 1 saturated carbocycles. The molecule has 1 aliphatic carbocycles. The Morgan fingerprint density at radius 1 is 0.867 bits per heavy atom. The van der Waals surface area contributed by atoms with Crippen molar-refractivity contribution in [3.05, 3.63) is 0 Å². The Hall–Kier alpha value is -0.0400. The zero-order chi connectivity index (χ0) is 10.9. The second kappa shape index (κ2) is 4.45. The zero-order valence-corrected chi connectivity index (χ0v) is 10.8. The van der Waals surface area contributed by atoms with E-state index in [1.807, 2.05) is 0 Å². The Morgan fingerprint density at radius 2 is 1.40 bits per heavy atom. The van der Waals surface area contributed by atoms with Crippen LogP contribution in [0.4, 0.5) is 0 Å². The lowest BCUT2D eigenvalue weighted by Crippen LogP contribution is -2.42. The van der Waals surface area contributed by atoms with Crippen LogP contribution in [-0.2, 0) is 0 Å². The molecule has 1 aliphatic heterocycles. The molecule has 0 unspecified atom stereocenters. The van der Waals surface area contributed by atoms with E-state index in [0.29, 0.717) is 5.41 Å². The third kappa shape index (κ3) is 2.75. The largest absolute Gasteiger partial charge is 0.300 e. The van der Waals surface area contributed by atoms with Gasteiger partial charge < -0.3 is 4.90 Å². The van der Waals surface area contributed by atoms with Gasteiger partial charge in [-0.25, -0.2) is 0 Å². The van der Waals surface area contributed by atoms with Crippen LogP contribution in [0.15, 0.2) is 0 Å². The molecular formula is C14H27N. The van der Waals surface area contributed by atoms with Crippen molar-refractivity contribution in [1.82, 2.24) is 4.90 Å². The fourth-order valence-electron chi connectivity index (χ4n) is 3.40. The van der Waals surface area contributed by atoms with Crippen LogP contribution in [0.1, 0.15) is 59.3 Å². The highest BCUT2D eigenvalue weighted by Gasteiger charge is 2.31. The quantitative estimate of drug-likeness (QED) is 0.636. The maximum Gasteiger partial charge on any atom is 0.00952 e. The van der Waals surface area contributed by atoms with E-state index in [2.05, 4.69) is 25.7 Å². The van der Waals surface area contributed by atoms with E-state index in [-0.39, 0.29) is 0 Å². The van der Waals surface area contributed by atoms with Crippen molar-refractivity contribution in [2.45, 2.75) is 65.3 Å². The summed E-state index contributed by atoms with van der Waals surface area (Å²) in [4.78, 5) is 2.77. The van der Waals surface area contributed by atoms with Crippen molar-refractivity contribution in [1.29, 1.82) is 0 Å².